The van der Waals surface area contributed by atoms with Gasteiger partial charge < -0.3 is 14.6 Å². The molecule has 2 aromatic carbocycles. The van der Waals surface area contributed by atoms with Gasteiger partial charge in [0.15, 0.2) is 6.10 Å². The van der Waals surface area contributed by atoms with Gasteiger partial charge in [0.05, 0.1) is 6.54 Å². The van der Waals surface area contributed by atoms with E-state index in [1.165, 1.54) is 29.5 Å². The molecular weight excluding hydrogens is 414 g/mol. The van der Waals surface area contributed by atoms with Crippen molar-refractivity contribution in [1.82, 2.24) is 15.5 Å². The highest BCUT2D eigenvalue weighted by atomic mass is 16.5. The van der Waals surface area contributed by atoms with Crippen LogP contribution >= 0.6 is 0 Å². The molecule has 1 amide bonds. The lowest BCUT2D eigenvalue weighted by Crippen LogP contribution is -2.37. The second-order valence-corrected chi connectivity index (χ2v) is 9.71. The smallest absolute Gasteiger partial charge is 0.261 e. The Balaban J connectivity index is 1.34. The van der Waals surface area contributed by atoms with E-state index < -0.39 is 6.10 Å². The molecule has 1 aliphatic rings. The molecule has 1 atom stereocenters. The number of ether oxygens (including phenoxy) is 1. The Labute approximate surface area is 195 Å². The first kappa shape index (κ1) is 23.0. The Morgan fingerprint density at radius 3 is 2.52 bits per heavy atom. The van der Waals surface area contributed by atoms with Gasteiger partial charge in [0.25, 0.3) is 5.91 Å². The maximum absolute atomic E-state index is 12.7. The molecule has 1 N–H and O–H groups in total. The molecule has 1 heterocycles. The van der Waals surface area contributed by atoms with E-state index in [2.05, 4.69) is 60.5 Å². The van der Waals surface area contributed by atoms with E-state index in [0.29, 0.717) is 18.1 Å². The summed E-state index contributed by atoms with van der Waals surface area (Å²) in [5, 5.41) is 6.93. The van der Waals surface area contributed by atoms with Gasteiger partial charge in [-0.05, 0) is 66.3 Å². The highest BCUT2D eigenvalue weighted by molar-refractivity contribution is 5.81. The zero-order valence-electron chi connectivity index (χ0n) is 20.0. The quantitative estimate of drug-likeness (QED) is 0.526. The summed E-state index contributed by atoms with van der Waals surface area (Å²) in [6.07, 6.45) is 4.65. The fourth-order valence-corrected chi connectivity index (χ4v) is 4.11. The molecule has 0 saturated carbocycles. The van der Waals surface area contributed by atoms with Gasteiger partial charge in [0.2, 0.25) is 11.7 Å². The standard InChI is InChI=1S/C27H33N3O3/c1-5-23(32-22-15-12-18-8-6-7-9-20(18)16-22)26(31)28-17-24-29-25(30-33-24)19-10-13-21(14-11-19)27(2,3)4/h10-16,23H,5-9,17H2,1-4H3,(H,28,31)/t23-/m1/s1. The van der Waals surface area contributed by atoms with Gasteiger partial charge in [0, 0.05) is 5.56 Å². The molecule has 1 aliphatic carbocycles. The average molecular weight is 448 g/mol. The number of amides is 1. The molecule has 4 rings (SSSR count). The molecule has 0 saturated heterocycles. The van der Waals surface area contributed by atoms with E-state index in [0.717, 1.165) is 24.2 Å². The predicted octanol–water partition coefficient (Wildman–Crippen LogP) is 5.39. The summed E-state index contributed by atoms with van der Waals surface area (Å²) in [5.74, 6) is 1.43. The van der Waals surface area contributed by atoms with Crippen molar-refractivity contribution in [3.8, 4) is 17.1 Å². The van der Waals surface area contributed by atoms with Gasteiger partial charge in [-0.15, -0.1) is 0 Å². The van der Waals surface area contributed by atoms with Crippen LogP contribution in [0.15, 0.2) is 47.0 Å². The molecule has 0 fully saturated rings. The number of aryl methyl sites for hydroxylation is 2. The summed E-state index contributed by atoms with van der Waals surface area (Å²) < 4.78 is 11.4. The third kappa shape index (κ3) is 5.62. The van der Waals surface area contributed by atoms with Crippen LogP contribution < -0.4 is 10.1 Å². The minimum atomic E-state index is -0.570. The first-order valence-electron chi connectivity index (χ1n) is 11.8. The third-order valence-corrected chi connectivity index (χ3v) is 6.15. The molecule has 6 heteroatoms. The monoisotopic (exact) mass is 447 g/mol. The second-order valence-electron chi connectivity index (χ2n) is 9.71. The Hall–Kier alpha value is -3.15. The first-order valence-corrected chi connectivity index (χ1v) is 11.8. The number of fused-ring (bicyclic) bond motifs is 1. The molecular formula is C27H33N3O3. The van der Waals surface area contributed by atoms with Crippen molar-refractivity contribution in [3.05, 3.63) is 65.0 Å². The van der Waals surface area contributed by atoms with E-state index in [-0.39, 0.29) is 17.9 Å². The molecule has 174 valence electrons. The lowest BCUT2D eigenvalue weighted by Gasteiger charge is -2.20. The topological polar surface area (TPSA) is 77.2 Å². The van der Waals surface area contributed by atoms with Crippen molar-refractivity contribution >= 4 is 5.91 Å². The van der Waals surface area contributed by atoms with Crippen molar-refractivity contribution in [2.45, 2.75) is 77.9 Å². The number of benzene rings is 2. The Bertz CT molecular complexity index is 1100. The average Bonchev–Trinajstić information content (AvgIpc) is 3.29. The lowest BCUT2D eigenvalue weighted by molar-refractivity contribution is -0.128. The normalized spacial score (nSPS) is 14.4. The third-order valence-electron chi connectivity index (χ3n) is 6.15. The van der Waals surface area contributed by atoms with E-state index in [1.807, 2.05) is 25.1 Å². The molecule has 1 aromatic heterocycles. The number of hydrogen-bond acceptors (Lipinski definition) is 5. The molecule has 33 heavy (non-hydrogen) atoms. The Morgan fingerprint density at radius 2 is 1.82 bits per heavy atom. The predicted molar refractivity (Wildman–Crippen MR) is 128 cm³/mol. The summed E-state index contributed by atoms with van der Waals surface area (Å²) in [5.41, 5.74) is 4.94. The number of aromatic nitrogens is 2. The van der Waals surface area contributed by atoms with E-state index in [4.69, 9.17) is 9.26 Å². The zero-order valence-corrected chi connectivity index (χ0v) is 20.0. The van der Waals surface area contributed by atoms with Crippen LogP contribution in [0.1, 0.15) is 69.5 Å². The van der Waals surface area contributed by atoms with Crippen LogP contribution in [0.25, 0.3) is 11.4 Å². The number of nitrogens with zero attached hydrogens (tertiary/aromatic N) is 2. The summed E-state index contributed by atoms with van der Waals surface area (Å²) in [6.45, 7) is 8.63. The summed E-state index contributed by atoms with van der Waals surface area (Å²) in [7, 11) is 0. The van der Waals surface area contributed by atoms with Crippen LogP contribution in [0.2, 0.25) is 0 Å². The van der Waals surface area contributed by atoms with E-state index >= 15 is 0 Å². The minimum absolute atomic E-state index is 0.0855. The van der Waals surface area contributed by atoms with Crippen LogP contribution in [0.5, 0.6) is 5.75 Å². The summed E-state index contributed by atoms with van der Waals surface area (Å²) >= 11 is 0. The largest absolute Gasteiger partial charge is 0.481 e. The molecule has 3 aromatic rings. The SMILES string of the molecule is CC[C@@H](Oc1ccc2c(c1)CCCC2)C(=O)NCc1nc(-c2ccc(C(C)(C)C)cc2)no1. The van der Waals surface area contributed by atoms with Crippen molar-refractivity contribution in [1.29, 1.82) is 0 Å². The maximum Gasteiger partial charge on any atom is 0.261 e. The van der Waals surface area contributed by atoms with Gasteiger partial charge >= 0.3 is 0 Å². The van der Waals surface area contributed by atoms with Crippen molar-refractivity contribution in [2.24, 2.45) is 0 Å². The number of hydrogen-bond donors (Lipinski definition) is 1. The molecule has 6 nitrogen and oxygen atoms in total. The zero-order chi connectivity index (χ0) is 23.4. The van der Waals surface area contributed by atoms with E-state index in [9.17, 15) is 4.79 Å². The molecule has 0 bridgehead atoms. The second kappa shape index (κ2) is 9.77. The van der Waals surface area contributed by atoms with E-state index in [1.54, 1.807) is 0 Å². The first-order chi connectivity index (χ1) is 15.8. The van der Waals surface area contributed by atoms with Gasteiger partial charge in [-0.1, -0.05) is 63.2 Å². The Morgan fingerprint density at radius 1 is 1.09 bits per heavy atom. The minimum Gasteiger partial charge on any atom is -0.481 e. The number of carbonyl (C=O) groups excluding carboxylic acids is 1. The molecule has 0 aliphatic heterocycles. The highest BCUT2D eigenvalue weighted by Gasteiger charge is 2.21. The fraction of sp³-hybridized carbons (Fsp3) is 0.444. The maximum atomic E-state index is 12.7. The van der Waals surface area contributed by atoms with Gasteiger partial charge in [-0.2, -0.15) is 4.98 Å². The fourth-order valence-electron chi connectivity index (χ4n) is 4.11. The Kier molecular flexibility index (Phi) is 6.82. The summed E-state index contributed by atoms with van der Waals surface area (Å²) in [4.78, 5) is 17.2. The van der Waals surface area contributed by atoms with Crippen LogP contribution in [-0.2, 0) is 29.6 Å². The summed E-state index contributed by atoms with van der Waals surface area (Å²) in [6, 6.07) is 14.3. The molecule has 0 radical (unpaired) electrons. The van der Waals surface area contributed by atoms with Crippen molar-refractivity contribution in [2.75, 3.05) is 0 Å². The van der Waals surface area contributed by atoms with Crippen LogP contribution in [0, 0.1) is 0 Å². The lowest BCUT2D eigenvalue weighted by atomic mass is 9.87. The van der Waals surface area contributed by atoms with Gasteiger partial charge in [-0.25, -0.2) is 0 Å². The van der Waals surface area contributed by atoms with Crippen LogP contribution in [0.4, 0.5) is 0 Å². The molecule has 0 unspecified atom stereocenters. The number of carbonyl (C=O) groups is 1. The van der Waals surface area contributed by atoms with Gasteiger partial charge in [-0.3, -0.25) is 4.79 Å². The van der Waals surface area contributed by atoms with Crippen LogP contribution in [0.3, 0.4) is 0 Å². The van der Waals surface area contributed by atoms with Crippen LogP contribution in [-0.4, -0.2) is 22.2 Å². The van der Waals surface area contributed by atoms with Gasteiger partial charge in [0.1, 0.15) is 5.75 Å². The van der Waals surface area contributed by atoms with Crippen molar-refractivity contribution in [3.63, 3.8) is 0 Å². The number of rotatable bonds is 7. The molecule has 0 spiro atoms. The van der Waals surface area contributed by atoms with Crippen molar-refractivity contribution < 1.29 is 14.1 Å². The highest BCUT2D eigenvalue weighted by Crippen LogP contribution is 2.27. The number of nitrogens with one attached hydrogen (secondary N) is 1.